The van der Waals surface area contributed by atoms with Crippen molar-refractivity contribution in [3.05, 3.63) is 24.4 Å². The Bertz CT molecular complexity index is 447. The van der Waals surface area contributed by atoms with Crippen LogP contribution in [0.5, 0.6) is 0 Å². The number of halogens is 1. The normalized spacial score (nSPS) is 10.7. The van der Waals surface area contributed by atoms with Gasteiger partial charge in [0.05, 0.1) is 12.7 Å². The molecule has 78 valence electrons. The lowest BCUT2D eigenvalue weighted by atomic mass is 10.5. The van der Waals surface area contributed by atoms with Gasteiger partial charge in [-0.2, -0.15) is 0 Å². The zero-order chi connectivity index (χ0) is 10.5. The second kappa shape index (κ2) is 4.95. The summed E-state index contributed by atoms with van der Waals surface area (Å²) < 4.78 is 0. The predicted molar refractivity (Wildman–Crippen MR) is 57.6 cm³/mol. The van der Waals surface area contributed by atoms with E-state index in [9.17, 15) is 0 Å². The third kappa shape index (κ3) is 2.57. The molecule has 0 fully saturated rings. The minimum atomic E-state index is 0.577. The minimum Gasteiger partial charge on any atom is -0.309 e. The second-order valence-electron chi connectivity index (χ2n) is 2.92. The third-order valence-corrected chi connectivity index (χ3v) is 2.02. The van der Waals surface area contributed by atoms with Gasteiger partial charge in [0.2, 0.25) is 0 Å². The lowest BCUT2D eigenvalue weighted by Crippen LogP contribution is -2.17. The van der Waals surface area contributed by atoms with Gasteiger partial charge in [0.1, 0.15) is 11.3 Å². The molecule has 0 radical (unpaired) electrons. The molecular weight excluding hydrogens is 214 g/mol. The number of nitrogens with one attached hydrogen (secondary N) is 1. The summed E-state index contributed by atoms with van der Waals surface area (Å²) >= 11 is 5.54. The molecule has 2 aromatic rings. The molecular formula is C9H10ClN5. The molecule has 0 aliphatic rings. The van der Waals surface area contributed by atoms with Crippen LogP contribution in [0.15, 0.2) is 18.6 Å². The Hall–Kier alpha value is -1.33. The van der Waals surface area contributed by atoms with Crippen LogP contribution in [-0.2, 0) is 6.54 Å². The molecule has 0 aliphatic heterocycles. The Morgan fingerprint density at radius 2 is 2.07 bits per heavy atom. The number of nitrogens with zero attached hydrogens (tertiary/aromatic N) is 4. The lowest BCUT2D eigenvalue weighted by molar-refractivity contribution is 0.695. The lowest BCUT2D eigenvalue weighted by Gasteiger charge is -2.01. The number of hydrogen-bond acceptors (Lipinski definition) is 5. The fraction of sp³-hybridized carbons (Fsp3) is 0.333. The van der Waals surface area contributed by atoms with E-state index in [1.807, 2.05) is 0 Å². The van der Waals surface area contributed by atoms with Crippen LogP contribution in [0.2, 0.25) is 0 Å². The van der Waals surface area contributed by atoms with Gasteiger partial charge in [-0.25, -0.2) is 19.9 Å². The molecule has 2 aromatic heterocycles. The van der Waals surface area contributed by atoms with Crippen molar-refractivity contribution < 1.29 is 0 Å². The molecule has 2 rings (SSSR count). The Balaban J connectivity index is 2.16. The fourth-order valence-corrected chi connectivity index (χ4v) is 1.29. The van der Waals surface area contributed by atoms with Crippen LogP contribution < -0.4 is 5.32 Å². The summed E-state index contributed by atoms with van der Waals surface area (Å²) in [4.78, 5) is 16.6. The Morgan fingerprint density at radius 3 is 2.93 bits per heavy atom. The van der Waals surface area contributed by atoms with Crippen molar-refractivity contribution in [3.8, 4) is 0 Å². The molecule has 6 heteroatoms. The summed E-state index contributed by atoms with van der Waals surface area (Å²) in [5, 5.41) is 3.11. The molecule has 0 saturated carbocycles. The summed E-state index contributed by atoms with van der Waals surface area (Å²) in [5.41, 5.74) is 1.33. The predicted octanol–water partition coefficient (Wildman–Crippen LogP) is 0.748. The van der Waals surface area contributed by atoms with Gasteiger partial charge in [-0.05, 0) is 0 Å². The van der Waals surface area contributed by atoms with E-state index in [0.29, 0.717) is 29.4 Å². The van der Waals surface area contributed by atoms with E-state index in [0.717, 1.165) is 6.54 Å². The molecule has 0 bridgehead atoms. The standard InChI is InChI=1S/C9H10ClN5/c10-1-2-11-6-8-14-5-7-9(15-8)13-4-3-12-7/h3-5,11H,1-2,6H2. The summed E-state index contributed by atoms with van der Waals surface area (Å²) in [6.07, 6.45) is 4.91. The number of alkyl halides is 1. The van der Waals surface area contributed by atoms with E-state index in [4.69, 9.17) is 11.6 Å². The van der Waals surface area contributed by atoms with Crippen molar-refractivity contribution in [2.24, 2.45) is 0 Å². The van der Waals surface area contributed by atoms with E-state index in [1.54, 1.807) is 18.6 Å². The topological polar surface area (TPSA) is 63.6 Å². The van der Waals surface area contributed by atoms with E-state index in [1.165, 1.54) is 0 Å². The van der Waals surface area contributed by atoms with Crippen LogP contribution in [0.3, 0.4) is 0 Å². The van der Waals surface area contributed by atoms with Crippen molar-refractivity contribution in [2.45, 2.75) is 6.54 Å². The molecule has 15 heavy (non-hydrogen) atoms. The third-order valence-electron chi connectivity index (χ3n) is 1.83. The zero-order valence-electron chi connectivity index (χ0n) is 8.02. The van der Waals surface area contributed by atoms with Gasteiger partial charge in [-0.3, -0.25) is 0 Å². The van der Waals surface area contributed by atoms with Gasteiger partial charge in [-0.1, -0.05) is 0 Å². The molecule has 0 saturated heterocycles. The SMILES string of the molecule is ClCCNCc1ncc2nccnc2n1. The summed E-state index contributed by atoms with van der Waals surface area (Å²) in [6, 6.07) is 0. The van der Waals surface area contributed by atoms with Crippen LogP contribution in [0, 0.1) is 0 Å². The smallest absolute Gasteiger partial charge is 0.181 e. The van der Waals surface area contributed by atoms with Crippen molar-refractivity contribution in [2.75, 3.05) is 12.4 Å². The first kappa shape index (κ1) is 10.2. The number of fused-ring (bicyclic) bond motifs is 1. The monoisotopic (exact) mass is 223 g/mol. The van der Waals surface area contributed by atoms with Crippen LogP contribution in [0.4, 0.5) is 0 Å². The quantitative estimate of drug-likeness (QED) is 0.612. The van der Waals surface area contributed by atoms with Gasteiger partial charge < -0.3 is 5.32 Å². The number of rotatable bonds is 4. The maximum atomic E-state index is 5.54. The average Bonchev–Trinajstić information content (AvgIpc) is 2.29. The minimum absolute atomic E-state index is 0.577. The Morgan fingerprint density at radius 1 is 1.20 bits per heavy atom. The first-order valence-electron chi connectivity index (χ1n) is 4.59. The highest BCUT2D eigenvalue weighted by atomic mass is 35.5. The summed E-state index contributed by atoms with van der Waals surface area (Å²) in [6.45, 7) is 1.34. The second-order valence-corrected chi connectivity index (χ2v) is 3.30. The average molecular weight is 224 g/mol. The Kier molecular flexibility index (Phi) is 3.37. The summed E-state index contributed by atoms with van der Waals surface area (Å²) in [7, 11) is 0. The molecule has 0 aromatic carbocycles. The maximum Gasteiger partial charge on any atom is 0.181 e. The van der Waals surface area contributed by atoms with Gasteiger partial charge in [0.15, 0.2) is 5.65 Å². The molecule has 0 atom stereocenters. The van der Waals surface area contributed by atoms with E-state index < -0.39 is 0 Å². The van der Waals surface area contributed by atoms with E-state index >= 15 is 0 Å². The van der Waals surface area contributed by atoms with Gasteiger partial charge in [-0.15, -0.1) is 11.6 Å². The molecule has 2 heterocycles. The number of hydrogen-bond donors (Lipinski definition) is 1. The molecule has 0 unspecified atom stereocenters. The highest BCUT2D eigenvalue weighted by Gasteiger charge is 2.00. The van der Waals surface area contributed by atoms with Crippen LogP contribution in [-0.4, -0.2) is 32.4 Å². The number of aromatic nitrogens is 4. The molecule has 0 amide bonds. The zero-order valence-corrected chi connectivity index (χ0v) is 8.78. The van der Waals surface area contributed by atoms with Gasteiger partial charge >= 0.3 is 0 Å². The largest absolute Gasteiger partial charge is 0.309 e. The first-order chi connectivity index (χ1) is 7.40. The van der Waals surface area contributed by atoms with E-state index in [2.05, 4.69) is 25.3 Å². The van der Waals surface area contributed by atoms with Crippen molar-refractivity contribution in [1.82, 2.24) is 25.3 Å². The highest BCUT2D eigenvalue weighted by molar-refractivity contribution is 6.18. The Labute approximate surface area is 91.9 Å². The first-order valence-corrected chi connectivity index (χ1v) is 5.13. The van der Waals surface area contributed by atoms with Gasteiger partial charge in [0, 0.05) is 24.8 Å². The van der Waals surface area contributed by atoms with Crippen LogP contribution in [0.1, 0.15) is 5.82 Å². The molecule has 1 N–H and O–H groups in total. The van der Waals surface area contributed by atoms with Crippen molar-refractivity contribution in [1.29, 1.82) is 0 Å². The van der Waals surface area contributed by atoms with Crippen molar-refractivity contribution in [3.63, 3.8) is 0 Å². The van der Waals surface area contributed by atoms with Gasteiger partial charge in [0.25, 0.3) is 0 Å². The maximum absolute atomic E-state index is 5.54. The fourth-order valence-electron chi connectivity index (χ4n) is 1.16. The van der Waals surface area contributed by atoms with Crippen molar-refractivity contribution >= 4 is 22.8 Å². The van der Waals surface area contributed by atoms with Crippen LogP contribution in [0.25, 0.3) is 11.2 Å². The van der Waals surface area contributed by atoms with E-state index in [-0.39, 0.29) is 0 Å². The highest BCUT2D eigenvalue weighted by Crippen LogP contribution is 2.02. The van der Waals surface area contributed by atoms with Crippen LogP contribution >= 0.6 is 11.6 Å². The molecule has 0 aliphatic carbocycles. The summed E-state index contributed by atoms with van der Waals surface area (Å²) in [5.74, 6) is 1.28. The molecule has 0 spiro atoms. The molecule has 5 nitrogen and oxygen atoms in total.